The highest BCUT2D eigenvalue weighted by Gasteiger charge is 2.38. The lowest BCUT2D eigenvalue weighted by Crippen LogP contribution is -2.32. The number of aromatic nitrogens is 2. The van der Waals surface area contributed by atoms with Gasteiger partial charge in [0.1, 0.15) is 5.69 Å². The number of amides is 1. The van der Waals surface area contributed by atoms with E-state index in [9.17, 15) is 9.59 Å². The average molecular weight is 309 g/mol. The molecule has 5 nitrogen and oxygen atoms in total. The van der Waals surface area contributed by atoms with Crippen LogP contribution in [0.2, 0.25) is 0 Å². The van der Waals surface area contributed by atoms with Crippen LogP contribution in [0.25, 0.3) is 5.69 Å². The highest BCUT2D eigenvalue weighted by molar-refractivity contribution is 5.92. The van der Waals surface area contributed by atoms with Gasteiger partial charge in [-0.3, -0.25) is 9.59 Å². The molecule has 1 aliphatic carbocycles. The summed E-state index contributed by atoms with van der Waals surface area (Å²) in [5.74, 6) is 1.24. The summed E-state index contributed by atoms with van der Waals surface area (Å²) in [5, 5.41) is 4.29. The van der Waals surface area contributed by atoms with Crippen molar-refractivity contribution in [1.82, 2.24) is 14.7 Å². The van der Waals surface area contributed by atoms with Crippen LogP contribution < -0.4 is 5.56 Å². The van der Waals surface area contributed by atoms with Crippen molar-refractivity contribution in [3.8, 4) is 5.69 Å². The van der Waals surface area contributed by atoms with Crippen LogP contribution in [0.5, 0.6) is 0 Å². The van der Waals surface area contributed by atoms with E-state index in [1.807, 2.05) is 35.2 Å². The van der Waals surface area contributed by atoms with Crippen molar-refractivity contribution >= 4 is 5.91 Å². The summed E-state index contributed by atoms with van der Waals surface area (Å²) in [6.45, 7) is 1.66. The molecule has 0 bridgehead atoms. The Morgan fingerprint density at radius 1 is 1.00 bits per heavy atom. The molecule has 1 amide bonds. The molecule has 1 aromatic carbocycles. The number of benzene rings is 1. The Labute approximate surface area is 134 Å². The predicted molar refractivity (Wildman–Crippen MR) is 86.6 cm³/mol. The van der Waals surface area contributed by atoms with E-state index in [0.29, 0.717) is 23.2 Å². The zero-order chi connectivity index (χ0) is 15.8. The Hall–Kier alpha value is -2.43. The first-order chi connectivity index (χ1) is 11.2. The van der Waals surface area contributed by atoms with E-state index in [4.69, 9.17) is 0 Å². The van der Waals surface area contributed by atoms with Gasteiger partial charge in [-0.1, -0.05) is 24.6 Å². The molecule has 0 unspecified atom stereocenters. The number of carbonyl (C=O) groups excluding carboxylic acids is 1. The summed E-state index contributed by atoms with van der Waals surface area (Å²) in [6.07, 6.45) is 3.74. The third kappa shape index (κ3) is 2.56. The van der Waals surface area contributed by atoms with Gasteiger partial charge < -0.3 is 4.90 Å². The van der Waals surface area contributed by atoms with Gasteiger partial charge in [0.15, 0.2) is 0 Å². The molecule has 2 fully saturated rings. The van der Waals surface area contributed by atoms with E-state index >= 15 is 0 Å². The van der Waals surface area contributed by atoms with Gasteiger partial charge in [-0.2, -0.15) is 9.78 Å². The van der Waals surface area contributed by atoms with Crippen LogP contribution in [-0.2, 0) is 0 Å². The third-order valence-corrected chi connectivity index (χ3v) is 5.03. The lowest BCUT2D eigenvalue weighted by atomic mass is 10.0. The maximum absolute atomic E-state index is 12.7. The van der Waals surface area contributed by atoms with Crippen molar-refractivity contribution in [2.75, 3.05) is 13.1 Å². The normalized spacial score (nSPS) is 23.0. The largest absolute Gasteiger partial charge is 0.337 e. The molecule has 4 rings (SSSR count). The number of likely N-dealkylation sites (tertiary alicyclic amines) is 1. The minimum absolute atomic E-state index is 0.0657. The first-order valence-corrected chi connectivity index (χ1v) is 8.17. The van der Waals surface area contributed by atoms with E-state index < -0.39 is 0 Å². The molecule has 1 aliphatic heterocycles. The molecule has 5 heteroatoms. The topological polar surface area (TPSA) is 55.2 Å². The molecule has 0 radical (unpaired) electrons. The Morgan fingerprint density at radius 3 is 2.39 bits per heavy atom. The van der Waals surface area contributed by atoms with E-state index in [-0.39, 0.29) is 11.5 Å². The maximum atomic E-state index is 12.7. The maximum Gasteiger partial charge on any atom is 0.274 e. The zero-order valence-electron chi connectivity index (χ0n) is 12.9. The molecule has 2 atom stereocenters. The number of hydrogen-bond donors (Lipinski definition) is 0. The van der Waals surface area contributed by atoms with Gasteiger partial charge in [-0.05, 0) is 42.9 Å². The van der Waals surface area contributed by atoms with Gasteiger partial charge in [0.25, 0.3) is 11.5 Å². The van der Waals surface area contributed by atoms with Crippen molar-refractivity contribution in [1.29, 1.82) is 0 Å². The van der Waals surface area contributed by atoms with Crippen LogP contribution in [0.15, 0.2) is 47.3 Å². The molecule has 2 aromatic rings. The summed E-state index contributed by atoms with van der Waals surface area (Å²) in [5.41, 5.74) is 0.782. The lowest BCUT2D eigenvalue weighted by Gasteiger charge is -2.17. The number of hydrogen-bond acceptors (Lipinski definition) is 3. The minimum Gasteiger partial charge on any atom is -0.337 e. The van der Waals surface area contributed by atoms with Gasteiger partial charge in [0.05, 0.1) is 5.69 Å². The third-order valence-electron chi connectivity index (χ3n) is 5.03. The molecule has 1 saturated heterocycles. The summed E-state index contributed by atoms with van der Waals surface area (Å²) in [7, 11) is 0. The molecule has 2 heterocycles. The lowest BCUT2D eigenvalue weighted by molar-refractivity contribution is 0.0772. The van der Waals surface area contributed by atoms with Gasteiger partial charge in [-0.15, -0.1) is 0 Å². The van der Waals surface area contributed by atoms with E-state index in [0.717, 1.165) is 13.1 Å². The molecule has 0 spiro atoms. The molecule has 2 aliphatic rings. The fourth-order valence-electron chi connectivity index (χ4n) is 3.84. The quantitative estimate of drug-likeness (QED) is 0.853. The molecule has 0 N–H and O–H groups in total. The van der Waals surface area contributed by atoms with Crippen molar-refractivity contribution in [3.63, 3.8) is 0 Å². The first kappa shape index (κ1) is 14.2. The summed E-state index contributed by atoms with van der Waals surface area (Å²) < 4.78 is 1.30. The second-order valence-corrected chi connectivity index (χ2v) is 6.47. The van der Waals surface area contributed by atoms with Crippen LogP contribution in [0.1, 0.15) is 29.8 Å². The van der Waals surface area contributed by atoms with E-state index in [1.54, 1.807) is 0 Å². The van der Waals surface area contributed by atoms with Crippen LogP contribution in [-0.4, -0.2) is 33.7 Å². The Kier molecular flexibility index (Phi) is 3.48. The number of carbonyl (C=O) groups is 1. The van der Waals surface area contributed by atoms with Crippen molar-refractivity contribution < 1.29 is 4.79 Å². The van der Waals surface area contributed by atoms with Crippen LogP contribution in [0.3, 0.4) is 0 Å². The van der Waals surface area contributed by atoms with Gasteiger partial charge in [0.2, 0.25) is 0 Å². The summed E-state index contributed by atoms with van der Waals surface area (Å²) >= 11 is 0. The first-order valence-electron chi connectivity index (χ1n) is 8.17. The molecule has 1 aromatic heterocycles. The molecule has 118 valence electrons. The fraction of sp³-hybridized carbons (Fsp3) is 0.389. The Balaban J connectivity index is 1.62. The van der Waals surface area contributed by atoms with Gasteiger partial charge in [0, 0.05) is 19.2 Å². The summed E-state index contributed by atoms with van der Waals surface area (Å²) in [6, 6.07) is 12.2. The van der Waals surface area contributed by atoms with Crippen LogP contribution in [0, 0.1) is 11.8 Å². The minimum atomic E-state index is -0.231. The number of nitrogens with zero attached hydrogens (tertiary/aromatic N) is 3. The number of fused-ring (bicyclic) bond motifs is 1. The standard InChI is InChI=1S/C18H19N3O2/c22-17-10-9-16(19-21(17)15-7-2-1-3-8-15)18(23)20-11-13-5-4-6-14(13)12-20/h1-3,7-10,13-14H,4-6,11-12H2/t13-,14-/m0/s1. The molecule has 23 heavy (non-hydrogen) atoms. The molecule has 1 saturated carbocycles. The van der Waals surface area contributed by atoms with Crippen molar-refractivity contribution in [2.24, 2.45) is 11.8 Å². The van der Waals surface area contributed by atoms with Gasteiger partial charge in [-0.25, -0.2) is 0 Å². The Morgan fingerprint density at radius 2 is 1.70 bits per heavy atom. The Bertz CT molecular complexity index is 772. The highest BCUT2D eigenvalue weighted by atomic mass is 16.2. The number of rotatable bonds is 2. The molecular formula is C18H19N3O2. The zero-order valence-corrected chi connectivity index (χ0v) is 12.9. The van der Waals surface area contributed by atoms with Crippen LogP contribution in [0.4, 0.5) is 0 Å². The SMILES string of the molecule is O=C(c1ccc(=O)n(-c2ccccc2)n1)N1C[C@@H]2CCC[C@H]2C1. The summed E-state index contributed by atoms with van der Waals surface area (Å²) in [4.78, 5) is 26.7. The fourth-order valence-corrected chi connectivity index (χ4v) is 3.84. The van der Waals surface area contributed by atoms with Crippen LogP contribution >= 0.6 is 0 Å². The average Bonchev–Trinajstić information content (AvgIpc) is 3.17. The smallest absolute Gasteiger partial charge is 0.274 e. The van der Waals surface area contributed by atoms with Gasteiger partial charge >= 0.3 is 0 Å². The molecular weight excluding hydrogens is 290 g/mol. The predicted octanol–water partition coefficient (Wildman–Crippen LogP) is 2.10. The second kappa shape index (κ2) is 5.65. The monoisotopic (exact) mass is 309 g/mol. The second-order valence-electron chi connectivity index (χ2n) is 6.47. The highest BCUT2D eigenvalue weighted by Crippen LogP contribution is 2.37. The van der Waals surface area contributed by atoms with E-state index in [2.05, 4.69) is 5.10 Å². The number of para-hydroxylation sites is 1. The van der Waals surface area contributed by atoms with Crippen molar-refractivity contribution in [2.45, 2.75) is 19.3 Å². The van der Waals surface area contributed by atoms with Crippen molar-refractivity contribution in [3.05, 3.63) is 58.5 Å². The van der Waals surface area contributed by atoms with E-state index in [1.165, 1.54) is 36.1 Å².